The molecule has 8 rings (SSSR count). The van der Waals surface area contributed by atoms with E-state index in [2.05, 4.69) is 69.3 Å². The molecule has 2 unspecified atom stereocenters. The molecule has 3 aliphatic rings. The molecule has 0 saturated heterocycles. The average molecular weight is 838 g/mol. The minimum Gasteiger partial charge on any atom is -0.587 e. The summed E-state index contributed by atoms with van der Waals surface area (Å²) in [5, 5.41) is 4.16. The van der Waals surface area contributed by atoms with Gasteiger partial charge in [0.15, 0.2) is 0 Å². The van der Waals surface area contributed by atoms with Crippen molar-refractivity contribution >= 4 is 27.7 Å². The Balaban J connectivity index is 0.000000221. The van der Waals surface area contributed by atoms with Crippen molar-refractivity contribution in [2.75, 3.05) is 11.9 Å². The van der Waals surface area contributed by atoms with E-state index in [1.165, 1.54) is 16.7 Å². The first-order valence-corrected chi connectivity index (χ1v) is 18.5. The van der Waals surface area contributed by atoms with Gasteiger partial charge in [0.2, 0.25) is 0 Å². The third kappa shape index (κ3) is 13.5. The van der Waals surface area contributed by atoms with Gasteiger partial charge < -0.3 is 45.1 Å². The molecular weight excluding hydrogens is 791 g/mol. The molecular formula is C42H46BrKN4O7. The molecule has 0 fully saturated rings. The number of aryl methyl sites for hydroxylation is 2. The minimum atomic E-state index is -0.425. The van der Waals surface area contributed by atoms with Crippen molar-refractivity contribution in [3.8, 4) is 23.0 Å². The number of imide groups is 1. The van der Waals surface area contributed by atoms with E-state index >= 15 is 0 Å². The predicted octanol–water partition coefficient (Wildman–Crippen LogP) is 3.62. The maximum atomic E-state index is 10.9. The van der Waals surface area contributed by atoms with Gasteiger partial charge in [0.1, 0.15) is 48.4 Å². The van der Waals surface area contributed by atoms with Gasteiger partial charge >= 0.3 is 51.4 Å². The second kappa shape index (κ2) is 24.1. The van der Waals surface area contributed by atoms with E-state index in [1.54, 1.807) is 24.3 Å². The van der Waals surface area contributed by atoms with Crippen molar-refractivity contribution in [2.24, 2.45) is 17.4 Å². The second-order valence-corrected chi connectivity index (χ2v) is 12.9. The number of fused-ring (bicyclic) bond motifs is 3. The van der Waals surface area contributed by atoms with Crippen LogP contribution < -0.4 is 87.8 Å². The van der Waals surface area contributed by atoms with Gasteiger partial charge in [-0.15, -0.1) is 0 Å². The fourth-order valence-electron chi connectivity index (χ4n) is 5.82. The Morgan fingerprint density at radius 1 is 0.636 bits per heavy atom. The first kappa shape index (κ1) is 45.8. The first-order chi connectivity index (χ1) is 26.0. The molecule has 0 bridgehead atoms. The topological polar surface area (TPSA) is 195 Å². The molecule has 5 aromatic rings. The van der Waals surface area contributed by atoms with E-state index in [0.29, 0.717) is 30.9 Å². The maximum absolute atomic E-state index is 10.9. The summed E-state index contributed by atoms with van der Waals surface area (Å²) in [6.45, 7) is 1.72. The summed E-state index contributed by atoms with van der Waals surface area (Å²) in [4.78, 5) is 21.8. The Morgan fingerprint density at radius 3 is 1.49 bits per heavy atom. The van der Waals surface area contributed by atoms with Gasteiger partial charge in [-0.05, 0) is 60.1 Å². The number of hydrazine groups is 1. The monoisotopic (exact) mass is 836 g/mol. The van der Waals surface area contributed by atoms with Crippen LogP contribution in [0.4, 0.5) is 0 Å². The number of carbonyl (C=O) groups is 2. The van der Waals surface area contributed by atoms with Crippen LogP contribution in [0.2, 0.25) is 0 Å². The van der Waals surface area contributed by atoms with E-state index < -0.39 is 11.8 Å². The third-order valence-corrected chi connectivity index (χ3v) is 9.38. The molecule has 11 nitrogen and oxygen atoms in total. The Labute approximate surface area is 373 Å². The van der Waals surface area contributed by atoms with Crippen molar-refractivity contribution in [2.45, 2.75) is 51.1 Å². The summed E-state index contributed by atoms with van der Waals surface area (Å²) in [5.74, 6) is 10.7. The molecule has 284 valence electrons. The van der Waals surface area contributed by atoms with Crippen LogP contribution in [0.1, 0.15) is 55.8 Å². The van der Waals surface area contributed by atoms with Crippen LogP contribution in [0.15, 0.2) is 121 Å². The van der Waals surface area contributed by atoms with Crippen molar-refractivity contribution in [3.05, 3.63) is 160 Å². The number of amides is 2. The van der Waals surface area contributed by atoms with Gasteiger partial charge in [-0.1, -0.05) is 113 Å². The number of halogens is 1. The van der Waals surface area contributed by atoms with Crippen LogP contribution in [0.5, 0.6) is 23.0 Å². The van der Waals surface area contributed by atoms with Crippen molar-refractivity contribution in [1.29, 1.82) is 0 Å². The number of alkyl halides is 1. The van der Waals surface area contributed by atoms with Crippen molar-refractivity contribution in [1.82, 2.24) is 0 Å². The van der Waals surface area contributed by atoms with E-state index in [4.69, 9.17) is 24.7 Å². The number of hydrogen-bond donors (Lipinski definition) is 3. The van der Waals surface area contributed by atoms with Crippen LogP contribution >= 0.6 is 15.9 Å². The number of hydrogen-bond acceptors (Lipinski definition) is 9. The fourth-order valence-corrected chi connectivity index (χ4v) is 6.27. The minimum absolute atomic E-state index is 0. The molecule has 0 aromatic heterocycles. The van der Waals surface area contributed by atoms with Gasteiger partial charge in [-0.25, -0.2) is 0 Å². The molecule has 3 aliphatic heterocycles. The maximum Gasteiger partial charge on any atom is 1.00 e. The molecule has 5 aromatic carbocycles. The Hall–Kier alpha value is -3.60. The molecule has 55 heavy (non-hydrogen) atoms. The van der Waals surface area contributed by atoms with Gasteiger partial charge in [-0.3, -0.25) is 11.7 Å². The van der Waals surface area contributed by atoms with Gasteiger partial charge in [-0.2, -0.15) is 0 Å². The smallest absolute Gasteiger partial charge is 0.587 e. The standard InChI is InChI=1S/C17H17BrO2.C17H19NO2.C8H5NO2.K.H4N2.H2O/c2*18-11-16-9-7-14-6-8-15(10-17(14)20-16)19-12-13-4-2-1-3-5-13;10-7-5-3-1-2-4-6(5)8(11)9-7;;1-2;/h1-6,8,10,16H,7,9,11-12H2;1-6,8,10,16H,7,9,11-12,18H2;1-4H,(H,9,10,11);;1-2H2;1H2/q;;;+1;;/p-1. The van der Waals surface area contributed by atoms with E-state index in [0.717, 1.165) is 59.6 Å². The average Bonchev–Trinajstić information content (AvgIpc) is 3.52. The van der Waals surface area contributed by atoms with E-state index in [1.807, 2.05) is 60.7 Å². The number of carbonyl (C=O) groups excluding carboxylic acids is 2. The zero-order valence-corrected chi connectivity index (χ0v) is 35.6. The molecule has 0 saturated carbocycles. The molecule has 0 aliphatic carbocycles. The number of rotatable bonds is 8. The fraction of sp³-hybridized carbons (Fsp3) is 0.238. The number of nitrogens with two attached hydrogens (primary N) is 3. The molecule has 0 spiro atoms. The number of ether oxygens (including phenoxy) is 4. The van der Waals surface area contributed by atoms with Crippen LogP contribution in [0.25, 0.3) is 5.32 Å². The largest absolute Gasteiger partial charge is 1.00 e. The Bertz CT molecular complexity index is 1800. The third-order valence-electron chi connectivity index (χ3n) is 8.66. The van der Waals surface area contributed by atoms with Crippen LogP contribution in [0.3, 0.4) is 0 Å². The van der Waals surface area contributed by atoms with Gasteiger partial charge in [0, 0.05) is 35.1 Å². The summed E-state index contributed by atoms with van der Waals surface area (Å²) in [6, 6.07) is 39.2. The summed E-state index contributed by atoms with van der Waals surface area (Å²) in [6.07, 6.45) is 4.57. The quantitative estimate of drug-likeness (QED) is 0.0688. The summed E-state index contributed by atoms with van der Waals surface area (Å²) in [5.41, 5.74) is 11.3. The van der Waals surface area contributed by atoms with Crippen LogP contribution in [0, 0.1) is 0 Å². The van der Waals surface area contributed by atoms with Gasteiger partial charge in [0.05, 0.1) is 11.8 Å². The zero-order chi connectivity index (χ0) is 37.4. The summed E-state index contributed by atoms with van der Waals surface area (Å²) < 4.78 is 23.5. The van der Waals surface area contributed by atoms with E-state index in [-0.39, 0.29) is 69.1 Å². The van der Waals surface area contributed by atoms with E-state index in [9.17, 15) is 9.59 Å². The number of nitrogens with zero attached hydrogens (tertiary/aromatic N) is 1. The normalized spacial score (nSPS) is 15.5. The van der Waals surface area contributed by atoms with Crippen LogP contribution in [-0.4, -0.2) is 41.4 Å². The number of benzene rings is 5. The molecule has 0 radical (unpaired) electrons. The Kier molecular flexibility index (Phi) is 20.1. The molecule has 8 N–H and O–H groups in total. The van der Waals surface area contributed by atoms with Crippen molar-refractivity contribution in [3.63, 3.8) is 0 Å². The predicted molar refractivity (Wildman–Crippen MR) is 213 cm³/mol. The summed E-state index contributed by atoms with van der Waals surface area (Å²) in [7, 11) is 0. The molecule has 13 heteroatoms. The summed E-state index contributed by atoms with van der Waals surface area (Å²) >= 11 is 3.49. The molecule has 3 heterocycles. The van der Waals surface area contributed by atoms with Crippen LogP contribution in [-0.2, 0) is 26.1 Å². The second-order valence-electron chi connectivity index (χ2n) is 12.3. The first-order valence-electron chi connectivity index (χ1n) is 17.4. The Morgan fingerprint density at radius 2 is 1.05 bits per heavy atom. The van der Waals surface area contributed by atoms with Crippen molar-refractivity contribution < 1.29 is 85.4 Å². The van der Waals surface area contributed by atoms with Gasteiger partial charge in [0.25, 0.3) is 0 Å². The SMILES string of the molecule is BrCC1CCc2ccc(OCc3ccccc3)cc2O1.NCC1CCc2ccc(OCc3ccccc3)cc2O1.NN.O.O=C1[N-]C(=O)c2ccccc21.[K+]. The zero-order valence-electron chi connectivity index (χ0n) is 30.9. The molecule has 2 atom stereocenters. The molecule has 2 amide bonds.